The van der Waals surface area contributed by atoms with Crippen LogP contribution < -0.4 is 5.01 Å². The van der Waals surface area contributed by atoms with E-state index in [0.717, 1.165) is 17.5 Å². The third kappa shape index (κ3) is 3.92. The summed E-state index contributed by atoms with van der Waals surface area (Å²) in [4.78, 5) is 11.4. The number of carboxylic acid groups (broad SMARTS) is 1. The zero-order valence-electron chi connectivity index (χ0n) is 15.4. The molecule has 0 unspecified atom stereocenters. The van der Waals surface area contributed by atoms with Crippen LogP contribution in [0.2, 0.25) is 0 Å². The Morgan fingerprint density at radius 3 is 2.44 bits per heavy atom. The molecule has 0 saturated heterocycles. The number of allylic oxidation sites excluding steroid dienone is 1. The molecule has 27 heavy (non-hydrogen) atoms. The molecule has 3 rings (SSSR count). The molecule has 0 radical (unpaired) electrons. The normalized spacial score (nSPS) is 14.2. The van der Waals surface area contributed by atoms with Crippen molar-refractivity contribution in [2.75, 3.05) is 5.01 Å². The van der Waals surface area contributed by atoms with Gasteiger partial charge in [0.05, 0.1) is 11.9 Å². The van der Waals surface area contributed by atoms with E-state index in [0.29, 0.717) is 11.6 Å². The molecule has 138 valence electrons. The molecule has 2 aromatic carbocycles. The lowest BCUT2D eigenvalue weighted by molar-refractivity contribution is -0.129. The zero-order chi connectivity index (χ0) is 19.6. The fourth-order valence-electron chi connectivity index (χ4n) is 3.02. The van der Waals surface area contributed by atoms with E-state index in [1.54, 1.807) is 0 Å². The van der Waals surface area contributed by atoms with E-state index in [1.807, 2.05) is 36.4 Å². The maximum absolute atomic E-state index is 11.4. The first kappa shape index (κ1) is 18.5. The zero-order valence-corrected chi connectivity index (χ0v) is 15.4. The minimum atomic E-state index is -1.24. The van der Waals surface area contributed by atoms with Gasteiger partial charge in [0.2, 0.25) is 0 Å². The molecule has 1 aliphatic heterocycles. The van der Waals surface area contributed by atoms with Gasteiger partial charge >= 0.3 is 5.97 Å². The Labute approximate surface area is 158 Å². The number of carboxylic acids is 1. The maximum Gasteiger partial charge on any atom is 0.357 e. The fraction of sp³-hybridized carbons (Fsp3) is 0.182. The van der Waals surface area contributed by atoms with Gasteiger partial charge in [-0.2, -0.15) is 5.10 Å². The van der Waals surface area contributed by atoms with Gasteiger partial charge in [-0.3, -0.25) is 0 Å². The Bertz CT molecular complexity index is 940. The largest absolute Gasteiger partial charge is 0.506 e. The van der Waals surface area contributed by atoms with Crippen molar-refractivity contribution in [1.82, 2.24) is 0 Å². The van der Waals surface area contributed by atoms with E-state index in [2.05, 4.69) is 37.7 Å². The van der Waals surface area contributed by atoms with Crippen LogP contribution in [0.1, 0.15) is 19.4 Å². The Balaban J connectivity index is 2.02. The molecule has 0 atom stereocenters. The number of hydrazone groups is 1. The molecule has 0 spiro atoms. The summed E-state index contributed by atoms with van der Waals surface area (Å²) in [6.07, 6.45) is 2.39. The van der Waals surface area contributed by atoms with Crippen LogP contribution in [-0.2, 0) is 11.2 Å². The van der Waals surface area contributed by atoms with Crippen molar-refractivity contribution >= 4 is 17.4 Å². The van der Waals surface area contributed by atoms with Crippen LogP contribution in [0.25, 0.3) is 11.1 Å². The number of aliphatic carboxylic acids is 1. The number of benzene rings is 2. The van der Waals surface area contributed by atoms with Crippen molar-refractivity contribution in [2.45, 2.75) is 20.3 Å². The highest BCUT2D eigenvalue weighted by atomic mass is 16.4. The number of rotatable bonds is 5. The number of aliphatic hydroxyl groups is 1. The monoisotopic (exact) mass is 362 g/mol. The third-order valence-electron chi connectivity index (χ3n) is 4.31. The summed E-state index contributed by atoms with van der Waals surface area (Å²) in [7, 11) is 0. The van der Waals surface area contributed by atoms with Crippen molar-refractivity contribution in [2.24, 2.45) is 11.0 Å². The molecule has 2 N–H and O–H groups in total. The molecule has 0 fully saturated rings. The van der Waals surface area contributed by atoms with E-state index in [-0.39, 0.29) is 17.0 Å². The highest BCUT2D eigenvalue weighted by Crippen LogP contribution is 2.33. The van der Waals surface area contributed by atoms with Crippen molar-refractivity contribution < 1.29 is 15.0 Å². The van der Waals surface area contributed by atoms with Gasteiger partial charge in [-0.15, -0.1) is 0 Å². The molecule has 2 aromatic rings. The van der Waals surface area contributed by atoms with Crippen molar-refractivity contribution in [1.29, 1.82) is 0 Å². The van der Waals surface area contributed by atoms with Gasteiger partial charge < -0.3 is 10.2 Å². The molecule has 1 aliphatic rings. The van der Waals surface area contributed by atoms with E-state index in [9.17, 15) is 15.0 Å². The Morgan fingerprint density at radius 1 is 1.15 bits per heavy atom. The Morgan fingerprint density at radius 2 is 1.81 bits per heavy atom. The second kappa shape index (κ2) is 7.50. The summed E-state index contributed by atoms with van der Waals surface area (Å²) >= 11 is 0. The van der Waals surface area contributed by atoms with Crippen LogP contribution in [0, 0.1) is 5.92 Å². The maximum atomic E-state index is 11.4. The summed E-state index contributed by atoms with van der Waals surface area (Å²) in [6, 6.07) is 15.8. The Kier molecular flexibility index (Phi) is 5.12. The van der Waals surface area contributed by atoms with Gasteiger partial charge in [-0.05, 0) is 29.5 Å². The van der Waals surface area contributed by atoms with E-state index < -0.39 is 5.97 Å². The molecule has 0 amide bonds. The highest BCUT2D eigenvalue weighted by molar-refractivity contribution is 6.43. The predicted molar refractivity (Wildman–Crippen MR) is 108 cm³/mol. The quantitative estimate of drug-likeness (QED) is 0.804. The topological polar surface area (TPSA) is 73.1 Å². The van der Waals surface area contributed by atoms with E-state index in [1.165, 1.54) is 16.8 Å². The van der Waals surface area contributed by atoms with Gasteiger partial charge in [-0.1, -0.05) is 62.9 Å². The molecule has 5 heteroatoms. The van der Waals surface area contributed by atoms with Gasteiger partial charge in [0.25, 0.3) is 0 Å². The molecule has 0 bridgehead atoms. The van der Waals surface area contributed by atoms with Crippen LogP contribution in [-0.4, -0.2) is 21.9 Å². The lowest BCUT2D eigenvalue weighted by Gasteiger charge is -2.23. The standard InChI is InChI=1S/C22H22N2O3/c1-14(2)12-16-8-10-17(11-9-16)18-6-4-5-7-19(18)24-13-20(25)15(3)21(23-24)22(26)27/h4-11,13-14,25H,3,12H2,1-2H3,(H,26,27). The van der Waals surface area contributed by atoms with Gasteiger partial charge in [-0.25, -0.2) is 9.80 Å². The minimum absolute atomic E-state index is 0.00531. The summed E-state index contributed by atoms with van der Waals surface area (Å²) in [5.41, 5.74) is 3.53. The fourth-order valence-corrected chi connectivity index (χ4v) is 3.02. The Hall–Kier alpha value is -3.34. The minimum Gasteiger partial charge on any atom is -0.506 e. The summed E-state index contributed by atoms with van der Waals surface area (Å²) in [5.74, 6) is -0.869. The van der Waals surface area contributed by atoms with Gasteiger partial charge in [0.15, 0.2) is 5.71 Å². The first-order valence-corrected chi connectivity index (χ1v) is 8.76. The van der Waals surface area contributed by atoms with Crippen LogP contribution in [0.15, 0.2) is 77.7 Å². The number of carbonyl (C=O) groups is 1. The van der Waals surface area contributed by atoms with Gasteiger partial charge in [0, 0.05) is 11.1 Å². The molecule has 0 aromatic heterocycles. The van der Waals surface area contributed by atoms with Gasteiger partial charge in [0.1, 0.15) is 5.76 Å². The molecular formula is C22H22N2O3. The molecular weight excluding hydrogens is 340 g/mol. The number of aliphatic hydroxyl groups excluding tert-OH is 1. The molecule has 5 nitrogen and oxygen atoms in total. The summed E-state index contributed by atoms with van der Waals surface area (Å²) in [5, 5.41) is 24.9. The van der Waals surface area contributed by atoms with Crippen LogP contribution in [0.3, 0.4) is 0 Å². The van der Waals surface area contributed by atoms with E-state index >= 15 is 0 Å². The number of nitrogens with zero attached hydrogens (tertiary/aromatic N) is 2. The number of para-hydroxylation sites is 1. The van der Waals surface area contributed by atoms with Crippen molar-refractivity contribution in [3.05, 3.63) is 78.2 Å². The number of hydrogen-bond donors (Lipinski definition) is 2. The SMILES string of the molecule is C=C1C(O)=CN(c2ccccc2-c2ccc(CC(C)C)cc2)N=C1C(=O)O. The highest BCUT2D eigenvalue weighted by Gasteiger charge is 2.25. The van der Waals surface area contributed by atoms with Crippen molar-refractivity contribution in [3.8, 4) is 11.1 Å². The summed E-state index contributed by atoms with van der Waals surface area (Å²) in [6.45, 7) is 7.95. The molecule has 1 heterocycles. The predicted octanol–water partition coefficient (Wildman–Crippen LogP) is 4.77. The second-order valence-corrected chi connectivity index (χ2v) is 6.90. The first-order valence-electron chi connectivity index (χ1n) is 8.76. The number of anilines is 1. The smallest absolute Gasteiger partial charge is 0.357 e. The lowest BCUT2D eigenvalue weighted by Crippen LogP contribution is -2.26. The van der Waals surface area contributed by atoms with Crippen molar-refractivity contribution in [3.63, 3.8) is 0 Å². The average Bonchev–Trinajstić information content (AvgIpc) is 2.64. The molecule has 0 aliphatic carbocycles. The van der Waals surface area contributed by atoms with Crippen LogP contribution in [0.5, 0.6) is 0 Å². The first-order chi connectivity index (χ1) is 12.9. The third-order valence-corrected chi connectivity index (χ3v) is 4.31. The summed E-state index contributed by atoms with van der Waals surface area (Å²) < 4.78 is 0. The van der Waals surface area contributed by atoms with Crippen LogP contribution >= 0.6 is 0 Å². The van der Waals surface area contributed by atoms with Crippen LogP contribution in [0.4, 0.5) is 5.69 Å². The lowest BCUT2D eigenvalue weighted by atomic mass is 9.98. The average molecular weight is 362 g/mol. The number of hydrogen-bond acceptors (Lipinski definition) is 4. The van der Waals surface area contributed by atoms with E-state index in [4.69, 9.17) is 0 Å². The second-order valence-electron chi connectivity index (χ2n) is 6.90. The molecule has 0 saturated carbocycles.